The lowest BCUT2D eigenvalue weighted by molar-refractivity contribution is 0.179. The third-order valence-electron chi connectivity index (χ3n) is 4.14. The van der Waals surface area contributed by atoms with Gasteiger partial charge >= 0.3 is 0 Å². The summed E-state index contributed by atoms with van der Waals surface area (Å²) >= 11 is 3.39. The van der Waals surface area contributed by atoms with Gasteiger partial charge in [-0.05, 0) is 55.5 Å². The first-order valence-corrected chi connectivity index (χ1v) is 8.53. The quantitative estimate of drug-likeness (QED) is 0.671. The van der Waals surface area contributed by atoms with E-state index in [-0.39, 0.29) is 5.82 Å². The monoisotopic (exact) mass is 341 g/mol. The van der Waals surface area contributed by atoms with E-state index in [1.165, 1.54) is 38.2 Å². The van der Waals surface area contributed by atoms with Gasteiger partial charge in [-0.25, -0.2) is 4.39 Å². The molecule has 112 valence electrons. The molecule has 0 radical (unpaired) electrons. The Morgan fingerprint density at radius 2 is 1.95 bits per heavy atom. The second-order valence-electron chi connectivity index (χ2n) is 6.37. The van der Waals surface area contributed by atoms with Gasteiger partial charge in [0.05, 0.1) is 0 Å². The highest BCUT2D eigenvalue weighted by Crippen LogP contribution is 2.26. The van der Waals surface area contributed by atoms with Crippen LogP contribution in [0, 0.1) is 11.7 Å². The Balaban J connectivity index is 2.05. The summed E-state index contributed by atoms with van der Waals surface area (Å²) in [5.74, 6) is 0.572. The Labute approximate surface area is 130 Å². The molecule has 0 N–H and O–H groups in total. The van der Waals surface area contributed by atoms with Gasteiger partial charge in [-0.1, -0.05) is 42.6 Å². The first kappa shape index (κ1) is 16.0. The van der Waals surface area contributed by atoms with Crippen LogP contribution in [0.4, 0.5) is 4.39 Å². The van der Waals surface area contributed by atoms with Crippen LogP contribution in [0.1, 0.15) is 51.5 Å². The molecule has 0 saturated heterocycles. The van der Waals surface area contributed by atoms with E-state index in [2.05, 4.69) is 34.7 Å². The summed E-state index contributed by atoms with van der Waals surface area (Å²) in [5, 5.41) is 0. The van der Waals surface area contributed by atoms with Crippen molar-refractivity contribution in [3.8, 4) is 0 Å². The van der Waals surface area contributed by atoms with E-state index in [4.69, 9.17) is 0 Å². The van der Waals surface area contributed by atoms with Gasteiger partial charge in [0.25, 0.3) is 0 Å². The van der Waals surface area contributed by atoms with E-state index in [0.29, 0.717) is 6.04 Å². The molecule has 1 aliphatic rings. The van der Waals surface area contributed by atoms with Crippen molar-refractivity contribution < 1.29 is 4.39 Å². The highest BCUT2D eigenvalue weighted by atomic mass is 79.9. The molecule has 1 fully saturated rings. The van der Waals surface area contributed by atoms with Crippen molar-refractivity contribution in [3.05, 3.63) is 34.1 Å². The second kappa shape index (κ2) is 7.56. The van der Waals surface area contributed by atoms with Crippen LogP contribution in [-0.2, 0) is 6.54 Å². The maximum absolute atomic E-state index is 13.5. The lowest BCUT2D eigenvalue weighted by Crippen LogP contribution is -2.34. The smallest absolute Gasteiger partial charge is 0.124 e. The molecule has 1 nitrogen and oxygen atoms in total. The lowest BCUT2D eigenvalue weighted by atomic mass is 10.1. The summed E-state index contributed by atoms with van der Waals surface area (Å²) in [6.45, 7) is 6.53. The molecule has 2 rings (SSSR count). The SMILES string of the molecule is CC(C)CCN(Cc1cc(F)cc(Br)c1)C1CCCC1. The standard InChI is InChI=1S/C17H25BrFN/c1-13(2)7-8-20(17-5-3-4-6-17)12-14-9-15(18)11-16(19)10-14/h9-11,13,17H,3-8,12H2,1-2H3. The van der Waals surface area contributed by atoms with E-state index < -0.39 is 0 Å². The van der Waals surface area contributed by atoms with Crippen LogP contribution < -0.4 is 0 Å². The molecule has 0 unspecified atom stereocenters. The molecule has 0 bridgehead atoms. The zero-order valence-electron chi connectivity index (χ0n) is 12.5. The van der Waals surface area contributed by atoms with Gasteiger partial charge in [-0.2, -0.15) is 0 Å². The number of halogens is 2. The Hall–Kier alpha value is -0.410. The fourth-order valence-electron chi connectivity index (χ4n) is 3.02. The van der Waals surface area contributed by atoms with Crippen molar-refractivity contribution in [2.45, 2.75) is 58.5 Å². The molecule has 0 aromatic heterocycles. The van der Waals surface area contributed by atoms with E-state index in [1.54, 1.807) is 6.07 Å². The van der Waals surface area contributed by atoms with Crippen molar-refractivity contribution in [2.24, 2.45) is 5.92 Å². The predicted molar refractivity (Wildman–Crippen MR) is 86.2 cm³/mol. The van der Waals surface area contributed by atoms with E-state index in [0.717, 1.165) is 29.0 Å². The molecule has 1 saturated carbocycles. The Morgan fingerprint density at radius 3 is 2.55 bits per heavy atom. The summed E-state index contributed by atoms with van der Waals surface area (Å²) in [6, 6.07) is 5.93. The van der Waals surface area contributed by atoms with Crippen molar-refractivity contribution in [3.63, 3.8) is 0 Å². The van der Waals surface area contributed by atoms with Crippen LogP contribution in [-0.4, -0.2) is 17.5 Å². The molecular formula is C17H25BrFN. The Kier molecular flexibility index (Phi) is 6.03. The van der Waals surface area contributed by atoms with E-state index >= 15 is 0 Å². The minimum Gasteiger partial charge on any atom is -0.296 e. The molecule has 3 heteroatoms. The first-order valence-electron chi connectivity index (χ1n) is 7.73. The third kappa shape index (κ3) is 4.85. The highest BCUT2D eigenvalue weighted by Gasteiger charge is 2.22. The van der Waals surface area contributed by atoms with Crippen molar-refractivity contribution in [1.29, 1.82) is 0 Å². The number of hydrogen-bond acceptors (Lipinski definition) is 1. The van der Waals surface area contributed by atoms with Crippen LogP contribution in [0.25, 0.3) is 0 Å². The fourth-order valence-corrected chi connectivity index (χ4v) is 3.53. The molecule has 0 amide bonds. The number of rotatable bonds is 6. The summed E-state index contributed by atoms with van der Waals surface area (Å²) < 4.78 is 14.4. The second-order valence-corrected chi connectivity index (χ2v) is 7.28. The normalized spacial score (nSPS) is 16.5. The average molecular weight is 342 g/mol. The summed E-state index contributed by atoms with van der Waals surface area (Å²) in [6.07, 6.45) is 6.50. The van der Waals surface area contributed by atoms with Crippen LogP contribution in [0.5, 0.6) is 0 Å². The van der Waals surface area contributed by atoms with Gasteiger partial charge in [-0.15, -0.1) is 0 Å². The molecule has 1 aromatic carbocycles. The maximum Gasteiger partial charge on any atom is 0.124 e. The van der Waals surface area contributed by atoms with E-state index in [9.17, 15) is 4.39 Å². The first-order chi connectivity index (χ1) is 9.54. The van der Waals surface area contributed by atoms with Gasteiger partial charge in [0.15, 0.2) is 0 Å². The van der Waals surface area contributed by atoms with Crippen molar-refractivity contribution in [1.82, 2.24) is 4.90 Å². The van der Waals surface area contributed by atoms with Gasteiger partial charge < -0.3 is 0 Å². The molecule has 0 aliphatic heterocycles. The molecule has 1 aliphatic carbocycles. The third-order valence-corrected chi connectivity index (χ3v) is 4.60. The van der Waals surface area contributed by atoms with Gasteiger partial charge in [0, 0.05) is 17.1 Å². The predicted octanol–water partition coefficient (Wildman–Crippen LogP) is 5.38. The van der Waals surface area contributed by atoms with Gasteiger partial charge in [-0.3, -0.25) is 4.90 Å². The molecule has 1 aromatic rings. The van der Waals surface area contributed by atoms with Gasteiger partial charge in [0.1, 0.15) is 5.82 Å². The highest BCUT2D eigenvalue weighted by molar-refractivity contribution is 9.10. The molecular weight excluding hydrogens is 317 g/mol. The Morgan fingerprint density at radius 1 is 1.25 bits per heavy atom. The van der Waals surface area contributed by atoms with Gasteiger partial charge in [0.2, 0.25) is 0 Å². The Bertz CT molecular complexity index is 407. The molecule has 0 atom stereocenters. The van der Waals surface area contributed by atoms with Crippen LogP contribution in [0.2, 0.25) is 0 Å². The maximum atomic E-state index is 13.5. The molecule has 20 heavy (non-hydrogen) atoms. The fraction of sp³-hybridized carbons (Fsp3) is 0.647. The summed E-state index contributed by atoms with van der Waals surface area (Å²) in [4.78, 5) is 2.56. The van der Waals surface area contributed by atoms with Crippen LogP contribution in [0.3, 0.4) is 0 Å². The van der Waals surface area contributed by atoms with E-state index in [1.807, 2.05) is 6.07 Å². The van der Waals surface area contributed by atoms with Crippen LogP contribution >= 0.6 is 15.9 Å². The number of nitrogens with zero attached hydrogens (tertiary/aromatic N) is 1. The van der Waals surface area contributed by atoms with Crippen molar-refractivity contribution >= 4 is 15.9 Å². The van der Waals surface area contributed by atoms with Crippen LogP contribution in [0.15, 0.2) is 22.7 Å². The minimum absolute atomic E-state index is 0.149. The van der Waals surface area contributed by atoms with Crippen molar-refractivity contribution in [2.75, 3.05) is 6.54 Å². The number of hydrogen-bond donors (Lipinski definition) is 0. The molecule has 0 spiro atoms. The summed E-state index contributed by atoms with van der Waals surface area (Å²) in [5.41, 5.74) is 1.08. The topological polar surface area (TPSA) is 3.24 Å². The average Bonchev–Trinajstić information content (AvgIpc) is 2.86. The zero-order valence-corrected chi connectivity index (χ0v) is 14.1. The number of benzene rings is 1. The lowest BCUT2D eigenvalue weighted by Gasteiger charge is -2.29. The minimum atomic E-state index is -0.149. The largest absolute Gasteiger partial charge is 0.296 e. The summed E-state index contributed by atoms with van der Waals surface area (Å²) in [7, 11) is 0. The molecule has 0 heterocycles. The zero-order chi connectivity index (χ0) is 14.5.